The molecule has 0 fully saturated rings. The van der Waals surface area contributed by atoms with E-state index in [2.05, 4.69) is 0 Å². The van der Waals surface area contributed by atoms with Gasteiger partial charge in [-0.3, -0.25) is 0 Å². The summed E-state index contributed by atoms with van der Waals surface area (Å²) in [6.07, 6.45) is 2.89. The predicted molar refractivity (Wildman–Crippen MR) is 53.6 cm³/mol. The quantitative estimate of drug-likeness (QED) is 0.342. The van der Waals surface area contributed by atoms with Gasteiger partial charge in [0.2, 0.25) is 0 Å². The van der Waals surface area contributed by atoms with Crippen molar-refractivity contribution in [1.29, 1.82) is 0 Å². The Hall–Kier alpha value is -0.690. The highest BCUT2D eigenvalue weighted by Gasteiger charge is 1.75. The molecule has 0 aliphatic heterocycles. The number of halogens is 2. The molecule has 1 rings (SSSR count). The van der Waals surface area contributed by atoms with E-state index in [4.69, 9.17) is 10.1 Å². The molecule has 0 bridgehead atoms. The molecular formula is C5H8Br2N2O3. The second-order valence-electron chi connectivity index (χ2n) is 1.32. The third kappa shape index (κ3) is 12.0. The maximum Gasteiger partial charge on any atom is 0.180 e. The fraction of sp³-hybridized carbons (Fsp3) is 0. The van der Waals surface area contributed by atoms with E-state index in [0.29, 0.717) is 0 Å². The fourth-order valence-electron chi connectivity index (χ4n) is 0.383. The molecule has 0 unspecified atom stereocenters. The summed E-state index contributed by atoms with van der Waals surface area (Å²) in [5.74, 6) is 0. The highest BCUT2D eigenvalue weighted by molar-refractivity contribution is 8.93. The highest BCUT2D eigenvalue weighted by atomic mass is 79.9. The summed E-state index contributed by atoms with van der Waals surface area (Å²) in [5.41, 5.74) is 0. The van der Waals surface area contributed by atoms with Crippen molar-refractivity contribution in [2.75, 3.05) is 0 Å². The summed E-state index contributed by atoms with van der Waals surface area (Å²) in [7, 11) is 0. The Morgan fingerprint density at radius 1 is 1.17 bits per heavy atom. The van der Waals surface area contributed by atoms with E-state index in [0.717, 1.165) is 4.73 Å². The van der Waals surface area contributed by atoms with Crippen LogP contribution in [0.25, 0.3) is 0 Å². The third-order valence-electron chi connectivity index (χ3n) is 0.688. The number of nitrogens with zero attached hydrogens (tertiary/aromatic N) is 2. The second kappa shape index (κ2) is 12.9. The standard InChI is InChI=1S/C5H5NO.2BrH.HNO2/c7-6-4-2-1-3-5-6;;;2-1-3/h1-5H;2*1H;(H,2,3). The van der Waals surface area contributed by atoms with Crippen molar-refractivity contribution in [2.45, 2.75) is 0 Å². The first-order valence-electron chi connectivity index (χ1n) is 2.41. The molecule has 0 saturated heterocycles. The summed E-state index contributed by atoms with van der Waals surface area (Å²) in [6, 6.07) is 5.18. The molecule has 0 atom stereocenters. The van der Waals surface area contributed by atoms with Crippen LogP contribution in [0.2, 0.25) is 0 Å². The van der Waals surface area contributed by atoms with E-state index in [9.17, 15) is 5.21 Å². The third-order valence-corrected chi connectivity index (χ3v) is 0.688. The lowest BCUT2D eigenvalue weighted by Crippen LogP contribution is -2.22. The molecule has 12 heavy (non-hydrogen) atoms. The van der Waals surface area contributed by atoms with E-state index in [1.54, 1.807) is 18.2 Å². The van der Waals surface area contributed by atoms with Crippen molar-refractivity contribution in [3.05, 3.63) is 40.7 Å². The zero-order chi connectivity index (χ0) is 7.82. The van der Waals surface area contributed by atoms with Gasteiger partial charge in [0.1, 0.15) is 0 Å². The molecule has 1 N–H and O–H groups in total. The van der Waals surface area contributed by atoms with Gasteiger partial charge < -0.3 is 10.4 Å². The number of pyridine rings is 1. The van der Waals surface area contributed by atoms with Crippen molar-refractivity contribution in [1.82, 2.24) is 0 Å². The van der Waals surface area contributed by atoms with Crippen LogP contribution in [0.15, 0.2) is 35.9 Å². The number of hydrogen-bond acceptors (Lipinski definition) is 3. The molecule has 0 saturated carbocycles. The Balaban J connectivity index is -0.000000146. The summed E-state index contributed by atoms with van der Waals surface area (Å²) >= 11 is 0. The zero-order valence-electron chi connectivity index (χ0n) is 5.86. The molecule has 0 spiro atoms. The van der Waals surface area contributed by atoms with Crippen LogP contribution in [0.1, 0.15) is 0 Å². The molecule has 1 heterocycles. The molecular weight excluding hydrogens is 296 g/mol. The lowest BCUT2D eigenvalue weighted by Gasteiger charge is -1.88. The molecule has 0 amide bonds. The summed E-state index contributed by atoms with van der Waals surface area (Å²) in [6.45, 7) is 0. The molecule has 0 aliphatic carbocycles. The van der Waals surface area contributed by atoms with E-state index in [1.165, 1.54) is 17.7 Å². The van der Waals surface area contributed by atoms with E-state index in [1.807, 2.05) is 0 Å². The monoisotopic (exact) mass is 302 g/mol. The van der Waals surface area contributed by atoms with E-state index < -0.39 is 0 Å². The van der Waals surface area contributed by atoms with Gasteiger partial charge in [-0.15, -0.1) is 38.9 Å². The largest absolute Gasteiger partial charge is 0.619 e. The van der Waals surface area contributed by atoms with Crippen LogP contribution in [0, 0.1) is 10.1 Å². The van der Waals surface area contributed by atoms with Gasteiger partial charge >= 0.3 is 0 Å². The Kier molecular flexibility index (Phi) is 18.8. The minimum atomic E-state index is 0. The minimum absolute atomic E-state index is 0. The zero-order valence-corrected chi connectivity index (χ0v) is 9.29. The van der Waals surface area contributed by atoms with Crippen molar-refractivity contribution < 1.29 is 9.94 Å². The van der Waals surface area contributed by atoms with E-state index in [-0.39, 0.29) is 34.0 Å². The van der Waals surface area contributed by atoms with Gasteiger partial charge in [0, 0.05) is 12.1 Å². The van der Waals surface area contributed by atoms with Gasteiger partial charge in [-0.1, -0.05) is 6.07 Å². The van der Waals surface area contributed by atoms with Gasteiger partial charge in [0.25, 0.3) is 0 Å². The summed E-state index contributed by atoms with van der Waals surface area (Å²) in [5, 5.41) is 18.1. The molecule has 7 heteroatoms. The van der Waals surface area contributed by atoms with Crippen LogP contribution in [-0.4, -0.2) is 5.21 Å². The first kappa shape index (κ1) is 17.4. The molecule has 0 radical (unpaired) electrons. The van der Waals surface area contributed by atoms with Crippen molar-refractivity contribution in [3.8, 4) is 0 Å². The van der Waals surface area contributed by atoms with Crippen LogP contribution >= 0.6 is 34.0 Å². The van der Waals surface area contributed by atoms with E-state index >= 15 is 0 Å². The Morgan fingerprint density at radius 2 is 1.50 bits per heavy atom. The predicted octanol–water partition coefficient (Wildman–Crippen LogP) is 1.62. The second-order valence-corrected chi connectivity index (χ2v) is 1.32. The Bertz CT molecular complexity index is 185. The molecule has 1 aromatic heterocycles. The van der Waals surface area contributed by atoms with Gasteiger partial charge in [0.15, 0.2) is 17.7 Å². The van der Waals surface area contributed by atoms with Gasteiger partial charge in [-0.2, -0.15) is 4.73 Å². The van der Waals surface area contributed by atoms with Crippen LogP contribution < -0.4 is 4.73 Å². The summed E-state index contributed by atoms with van der Waals surface area (Å²) < 4.78 is 0.750. The SMILES string of the molecule is Br.Br.O=NO.[O-][n+]1ccccc1. The highest BCUT2D eigenvalue weighted by Crippen LogP contribution is 1.72. The van der Waals surface area contributed by atoms with Crippen molar-refractivity contribution in [2.24, 2.45) is 5.34 Å². The number of hydrogen-bond donors (Lipinski definition) is 1. The topological polar surface area (TPSA) is 76.6 Å². The number of rotatable bonds is 0. The average Bonchev–Trinajstić information content (AvgIpc) is 1.91. The lowest BCUT2D eigenvalue weighted by atomic mass is 10.5. The van der Waals surface area contributed by atoms with Gasteiger partial charge in [-0.25, -0.2) is 0 Å². The van der Waals surface area contributed by atoms with Crippen LogP contribution in [-0.2, 0) is 0 Å². The average molecular weight is 304 g/mol. The van der Waals surface area contributed by atoms with Gasteiger partial charge in [0.05, 0.1) is 0 Å². The molecule has 0 aliphatic rings. The van der Waals surface area contributed by atoms with Crippen LogP contribution in [0.3, 0.4) is 0 Å². The summed E-state index contributed by atoms with van der Waals surface area (Å²) in [4.78, 5) is 8.11. The number of aromatic nitrogens is 1. The fourth-order valence-corrected chi connectivity index (χ4v) is 0.383. The molecule has 0 aromatic carbocycles. The van der Waals surface area contributed by atoms with Gasteiger partial charge in [-0.05, 0) is 0 Å². The Labute approximate surface area is 90.1 Å². The lowest BCUT2D eigenvalue weighted by molar-refractivity contribution is -0.605. The van der Waals surface area contributed by atoms with Crippen LogP contribution in [0.4, 0.5) is 0 Å². The van der Waals surface area contributed by atoms with Crippen molar-refractivity contribution in [3.63, 3.8) is 0 Å². The smallest absolute Gasteiger partial charge is 0.180 e. The first-order chi connectivity index (χ1) is 4.81. The molecule has 5 nitrogen and oxygen atoms in total. The molecule has 1 aromatic rings. The Morgan fingerprint density at radius 3 is 1.67 bits per heavy atom. The maximum atomic E-state index is 10.2. The molecule has 70 valence electrons. The van der Waals surface area contributed by atoms with Crippen molar-refractivity contribution >= 4 is 34.0 Å². The van der Waals surface area contributed by atoms with Crippen LogP contribution in [0.5, 0.6) is 0 Å². The normalized spacial score (nSPS) is 6.00. The maximum absolute atomic E-state index is 10.2. The first-order valence-corrected chi connectivity index (χ1v) is 2.41. The minimum Gasteiger partial charge on any atom is -0.619 e.